The van der Waals surface area contributed by atoms with E-state index in [1.807, 2.05) is 43.3 Å². The van der Waals surface area contributed by atoms with E-state index < -0.39 is 0 Å². The van der Waals surface area contributed by atoms with Crippen LogP contribution in [0.25, 0.3) is 28.0 Å². The summed E-state index contributed by atoms with van der Waals surface area (Å²) in [5.41, 5.74) is 10.00. The van der Waals surface area contributed by atoms with Crippen molar-refractivity contribution >= 4 is 10.9 Å². The molecule has 0 amide bonds. The fourth-order valence-electron chi connectivity index (χ4n) is 2.80. The van der Waals surface area contributed by atoms with Gasteiger partial charge in [-0.25, -0.2) is 9.67 Å². The van der Waals surface area contributed by atoms with Crippen LogP contribution in [0.2, 0.25) is 0 Å². The Morgan fingerprint density at radius 2 is 2.00 bits per heavy atom. The molecule has 0 fully saturated rings. The quantitative estimate of drug-likeness (QED) is 0.588. The standard InChI is InChI=1S/C19H18N6O/c1-12(20)16-3-2-4-17(24-16)13-5-6-14-8-22-25(18(14)7-13)19-10-21-9-15(11-26)23-19/h2-10,12,26H,11,20H2,1H3. The van der Waals surface area contributed by atoms with E-state index in [-0.39, 0.29) is 12.6 Å². The second kappa shape index (κ2) is 6.62. The van der Waals surface area contributed by atoms with Crippen molar-refractivity contribution in [2.45, 2.75) is 19.6 Å². The van der Waals surface area contributed by atoms with Crippen molar-refractivity contribution in [3.8, 4) is 17.1 Å². The van der Waals surface area contributed by atoms with Gasteiger partial charge in [0.2, 0.25) is 0 Å². The minimum absolute atomic E-state index is 0.124. The summed E-state index contributed by atoms with van der Waals surface area (Å²) in [5.74, 6) is 0.556. The lowest BCUT2D eigenvalue weighted by molar-refractivity contribution is 0.276. The molecule has 0 aliphatic heterocycles. The first-order chi connectivity index (χ1) is 12.7. The van der Waals surface area contributed by atoms with Crippen LogP contribution >= 0.6 is 0 Å². The molecule has 0 saturated carbocycles. The summed E-state index contributed by atoms with van der Waals surface area (Å²) in [6, 6.07) is 11.7. The highest BCUT2D eigenvalue weighted by atomic mass is 16.3. The van der Waals surface area contributed by atoms with Crippen LogP contribution in [0.1, 0.15) is 24.4 Å². The van der Waals surface area contributed by atoms with Crippen LogP contribution in [-0.2, 0) is 6.61 Å². The van der Waals surface area contributed by atoms with E-state index in [1.54, 1.807) is 17.1 Å². The third kappa shape index (κ3) is 2.94. The Morgan fingerprint density at radius 3 is 2.81 bits per heavy atom. The molecule has 4 rings (SSSR count). The Morgan fingerprint density at radius 1 is 1.12 bits per heavy atom. The number of pyridine rings is 1. The van der Waals surface area contributed by atoms with Crippen molar-refractivity contribution in [1.82, 2.24) is 24.7 Å². The minimum atomic E-state index is -0.167. The Hall–Kier alpha value is -3.16. The van der Waals surface area contributed by atoms with Crippen LogP contribution in [-0.4, -0.2) is 29.8 Å². The predicted octanol–water partition coefficient (Wildman–Crippen LogP) is 2.39. The van der Waals surface area contributed by atoms with Crippen LogP contribution < -0.4 is 5.73 Å². The van der Waals surface area contributed by atoms with Gasteiger partial charge in [0, 0.05) is 17.0 Å². The molecule has 0 aliphatic carbocycles. The largest absolute Gasteiger partial charge is 0.390 e. The second-order valence-electron chi connectivity index (χ2n) is 6.09. The number of hydrogen-bond acceptors (Lipinski definition) is 6. The highest BCUT2D eigenvalue weighted by molar-refractivity contribution is 5.84. The lowest BCUT2D eigenvalue weighted by Gasteiger charge is -2.08. The first-order valence-corrected chi connectivity index (χ1v) is 8.28. The number of aliphatic hydroxyl groups excluding tert-OH is 1. The Kier molecular flexibility index (Phi) is 4.16. The lowest BCUT2D eigenvalue weighted by Crippen LogP contribution is -2.07. The maximum atomic E-state index is 9.29. The molecule has 0 saturated heterocycles. The van der Waals surface area contributed by atoms with Crippen molar-refractivity contribution in [3.63, 3.8) is 0 Å². The fourth-order valence-corrected chi connectivity index (χ4v) is 2.80. The smallest absolute Gasteiger partial charge is 0.172 e. The maximum absolute atomic E-state index is 9.29. The third-order valence-electron chi connectivity index (χ3n) is 4.15. The van der Waals surface area contributed by atoms with Gasteiger partial charge < -0.3 is 10.8 Å². The second-order valence-corrected chi connectivity index (χ2v) is 6.09. The van der Waals surface area contributed by atoms with Gasteiger partial charge in [-0.15, -0.1) is 0 Å². The molecule has 1 aromatic carbocycles. The normalized spacial score (nSPS) is 12.4. The summed E-state index contributed by atoms with van der Waals surface area (Å²) in [6.45, 7) is 1.75. The zero-order chi connectivity index (χ0) is 18.1. The van der Waals surface area contributed by atoms with Crippen molar-refractivity contribution < 1.29 is 5.11 Å². The zero-order valence-electron chi connectivity index (χ0n) is 14.2. The summed E-state index contributed by atoms with van der Waals surface area (Å²) in [5, 5.41) is 14.7. The number of aromatic nitrogens is 5. The molecule has 3 heterocycles. The van der Waals surface area contributed by atoms with Gasteiger partial charge >= 0.3 is 0 Å². The molecule has 0 radical (unpaired) electrons. The first-order valence-electron chi connectivity index (χ1n) is 8.28. The van der Waals surface area contributed by atoms with Crippen LogP contribution in [0.15, 0.2) is 55.0 Å². The van der Waals surface area contributed by atoms with Crippen LogP contribution in [0.3, 0.4) is 0 Å². The summed E-state index contributed by atoms with van der Waals surface area (Å²) >= 11 is 0. The number of aliphatic hydroxyl groups is 1. The van der Waals surface area contributed by atoms with Crippen molar-refractivity contribution in [3.05, 3.63) is 66.4 Å². The van der Waals surface area contributed by atoms with Crippen molar-refractivity contribution in [2.75, 3.05) is 0 Å². The molecule has 26 heavy (non-hydrogen) atoms. The van der Waals surface area contributed by atoms with E-state index in [0.29, 0.717) is 11.5 Å². The predicted molar refractivity (Wildman–Crippen MR) is 98.4 cm³/mol. The van der Waals surface area contributed by atoms with Gasteiger partial charge in [-0.2, -0.15) is 5.10 Å². The number of nitrogens with zero attached hydrogens (tertiary/aromatic N) is 5. The molecule has 1 unspecified atom stereocenters. The molecule has 3 aromatic heterocycles. The van der Waals surface area contributed by atoms with E-state index in [9.17, 15) is 5.11 Å². The van der Waals surface area contributed by atoms with E-state index in [0.717, 1.165) is 27.9 Å². The van der Waals surface area contributed by atoms with Gasteiger partial charge in [-0.05, 0) is 25.1 Å². The molecule has 0 bridgehead atoms. The Bertz CT molecular complexity index is 1070. The topological polar surface area (TPSA) is 103 Å². The highest BCUT2D eigenvalue weighted by Crippen LogP contribution is 2.25. The fraction of sp³-hybridized carbons (Fsp3) is 0.158. The number of rotatable bonds is 4. The number of benzene rings is 1. The van der Waals surface area contributed by atoms with Gasteiger partial charge in [-0.3, -0.25) is 9.97 Å². The molecule has 4 aromatic rings. The molecule has 0 spiro atoms. The average molecular weight is 346 g/mol. The number of fused-ring (bicyclic) bond motifs is 1. The molecule has 7 nitrogen and oxygen atoms in total. The van der Waals surface area contributed by atoms with Gasteiger partial charge in [0.15, 0.2) is 5.82 Å². The minimum Gasteiger partial charge on any atom is -0.390 e. The number of hydrogen-bond donors (Lipinski definition) is 2. The van der Waals surface area contributed by atoms with Gasteiger partial charge in [0.25, 0.3) is 0 Å². The number of nitrogens with two attached hydrogens (primary N) is 1. The van der Waals surface area contributed by atoms with Crippen LogP contribution in [0.5, 0.6) is 0 Å². The maximum Gasteiger partial charge on any atom is 0.172 e. The summed E-state index contributed by atoms with van der Waals surface area (Å²) in [7, 11) is 0. The van der Waals surface area contributed by atoms with E-state index >= 15 is 0 Å². The molecular formula is C19H18N6O. The lowest BCUT2D eigenvalue weighted by atomic mass is 10.1. The molecule has 0 aliphatic rings. The summed E-state index contributed by atoms with van der Waals surface area (Å²) in [6.07, 6.45) is 4.93. The molecule has 7 heteroatoms. The average Bonchev–Trinajstić information content (AvgIpc) is 3.11. The van der Waals surface area contributed by atoms with Gasteiger partial charge in [0.1, 0.15) is 0 Å². The van der Waals surface area contributed by atoms with Crippen LogP contribution in [0.4, 0.5) is 0 Å². The Labute approximate surface area is 150 Å². The first kappa shape index (κ1) is 16.3. The monoisotopic (exact) mass is 346 g/mol. The molecule has 1 atom stereocenters. The van der Waals surface area contributed by atoms with E-state index in [4.69, 9.17) is 5.73 Å². The van der Waals surface area contributed by atoms with Gasteiger partial charge in [-0.1, -0.05) is 18.2 Å². The van der Waals surface area contributed by atoms with Crippen LogP contribution in [0, 0.1) is 0 Å². The van der Waals surface area contributed by atoms with E-state index in [2.05, 4.69) is 20.1 Å². The molecular weight excluding hydrogens is 328 g/mol. The molecule has 3 N–H and O–H groups in total. The third-order valence-corrected chi connectivity index (χ3v) is 4.15. The highest BCUT2D eigenvalue weighted by Gasteiger charge is 2.10. The van der Waals surface area contributed by atoms with Crippen molar-refractivity contribution in [1.29, 1.82) is 0 Å². The van der Waals surface area contributed by atoms with Crippen molar-refractivity contribution in [2.24, 2.45) is 5.73 Å². The molecule has 130 valence electrons. The summed E-state index contributed by atoms with van der Waals surface area (Å²) < 4.78 is 1.71. The SMILES string of the molecule is CC(N)c1cccc(-c2ccc3cnn(-c4cncc(CO)n4)c3c2)n1. The summed E-state index contributed by atoms with van der Waals surface area (Å²) in [4.78, 5) is 13.1. The van der Waals surface area contributed by atoms with E-state index in [1.165, 1.54) is 6.20 Å². The zero-order valence-corrected chi connectivity index (χ0v) is 14.2. The van der Waals surface area contributed by atoms with Gasteiger partial charge in [0.05, 0.1) is 47.8 Å². The Balaban J connectivity index is 1.83.